The largest absolute Gasteiger partial charge is 0.294 e. The second-order valence-corrected chi connectivity index (χ2v) is 8.05. The average Bonchev–Trinajstić information content (AvgIpc) is 2.23. The molecule has 15 heavy (non-hydrogen) atoms. The van der Waals surface area contributed by atoms with E-state index < -0.39 is 0 Å². The summed E-state index contributed by atoms with van der Waals surface area (Å²) >= 11 is 0. The molecular formula is C14H29N. The van der Waals surface area contributed by atoms with Gasteiger partial charge in [0.1, 0.15) is 0 Å². The zero-order chi connectivity index (χ0) is 12.1. The van der Waals surface area contributed by atoms with Crippen LogP contribution in [0.2, 0.25) is 0 Å². The molecule has 1 unspecified atom stereocenters. The normalized spacial score (nSPS) is 28.4. The van der Waals surface area contributed by atoms with E-state index in [0.717, 1.165) is 0 Å². The van der Waals surface area contributed by atoms with Crippen LogP contribution in [0.25, 0.3) is 0 Å². The summed E-state index contributed by atoms with van der Waals surface area (Å²) in [5, 5.41) is 0. The highest BCUT2D eigenvalue weighted by Crippen LogP contribution is 2.44. The van der Waals surface area contributed by atoms with Crippen LogP contribution in [0.3, 0.4) is 0 Å². The highest BCUT2D eigenvalue weighted by atomic mass is 15.3. The van der Waals surface area contributed by atoms with E-state index in [9.17, 15) is 0 Å². The molecule has 1 saturated heterocycles. The predicted molar refractivity (Wildman–Crippen MR) is 68.1 cm³/mol. The van der Waals surface area contributed by atoms with E-state index >= 15 is 0 Å². The van der Waals surface area contributed by atoms with Crippen molar-refractivity contribution in [2.45, 2.75) is 73.4 Å². The molecule has 1 fully saturated rings. The maximum Gasteiger partial charge on any atom is 0.0155 e. The first-order valence-corrected chi connectivity index (χ1v) is 6.20. The lowest BCUT2D eigenvalue weighted by atomic mass is 9.79. The van der Waals surface area contributed by atoms with Gasteiger partial charge in [-0.15, -0.1) is 0 Å². The van der Waals surface area contributed by atoms with Crippen LogP contribution in [-0.4, -0.2) is 23.0 Å². The Labute approximate surface area is 96.2 Å². The smallest absolute Gasteiger partial charge is 0.0155 e. The van der Waals surface area contributed by atoms with Crippen LogP contribution in [0.4, 0.5) is 0 Å². The van der Waals surface area contributed by atoms with E-state index in [1.54, 1.807) is 0 Å². The first kappa shape index (κ1) is 13.0. The Bertz CT molecular complexity index is 203. The monoisotopic (exact) mass is 211 g/mol. The van der Waals surface area contributed by atoms with Gasteiger partial charge < -0.3 is 0 Å². The fraction of sp³-hybridized carbons (Fsp3) is 1.00. The summed E-state index contributed by atoms with van der Waals surface area (Å²) in [6.45, 7) is 20.2. The zero-order valence-corrected chi connectivity index (χ0v) is 11.9. The SMILES string of the molecule is CC1(C)CC(C(C)(C)C)N(C(C)(C)C)C1. The highest BCUT2D eigenvalue weighted by molar-refractivity contribution is 5.00. The maximum absolute atomic E-state index is 2.70. The minimum atomic E-state index is 0.297. The molecule has 0 N–H and O–H groups in total. The van der Waals surface area contributed by atoms with Crippen LogP contribution in [0.5, 0.6) is 0 Å². The van der Waals surface area contributed by atoms with Gasteiger partial charge in [0.15, 0.2) is 0 Å². The van der Waals surface area contributed by atoms with Gasteiger partial charge in [0.05, 0.1) is 0 Å². The molecule has 0 saturated carbocycles. The molecule has 0 aromatic carbocycles. The summed E-state index contributed by atoms with van der Waals surface area (Å²) in [6.07, 6.45) is 1.33. The van der Waals surface area contributed by atoms with E-state index in [1.165, 1.54) is 13.0 Å². The van der Waals surface area contributed by atoms with Crippen LogP contribution >= 0.6 is 0 Å². The first-order chi connectivity index (χ1) is 6.43. The summed E-state index contributed by atoms with van der Waals surface area (Å²) in [5.41, 5.74) is 1.16. The Morgan fingerprint density at radius 3 is 1.73 bits per heavy atom. The van der Waals surface area contributed by atoms with Crippen molar-refractivity contribution in [2.75, 3.05) is 6.54 Å². The average molecular weight is 211 g/mol. The van der Waals surface area contributed by atoms with Crippen LogP contribution in [-0.2, 0) is 0 Å². The molecule has 0 radical (unpaired) electrons. The summed E-state index contributed by atoms with van der Waals surface area (Å²) < 4.78 is 0. The standard InChI is InChI=1S/C14H29N/c1-12(2,3)11-9-14(7,8)10-15(11)13(4,5)6/h11H,9-10H2,1-8H3. The zero-order valence-electron chi connectivity index (χ0n) is 11.9. The van der Waals surface area contributed by atoms with E-state index in [1.807, 2.05) is 0 Å². The third-order valence-electron chi connectivity index (χ3n) is 3.58. The fourth-order valence-corrected chi connectivity index (χ4v) is 2.75. The van der Waals surface area contributed by atoms with Gasteiger partial charge in [0.2, 0.25) is 0 Å². The fourth-order valence-electron chi connectivity index (χ4n) is 2.75. The molecule has 0 bridgehead atoms. The molecule has 0 amide bonds. The third kappa shape index (κ3) is 2.96. The van der Waals surface area contributed by atoms with Crippen molar-refractivity contribution in [1.82, 2.24) is 4.90 Å². The maximum atomic E-state index is 2.70. The molecule has 0 aromatic heterocycles. The van der Waals surface area contributed by atoms with E-state index in [-0.39, 0.29) is 0 Å². The Balaban J connectivity index is 2.95. The molecule has 1 atom stereocenters. The number of nitrogens with zero attached hydrogens (tertiary/aromatic N) is 1. The number of rotatable bonds is 0. The summed E-state index contributed by atoms with van der Waals surface area (Å²) in [7, 11) is 0. The summed E-state index contributed by atoms with van der Waals surface area (Å²) in [6, 6.07) is 0.715. The van der Waals surface area contributed by atoms with E-state index in [2.05, 4.69) is 60.3 Å². The van der Waals surface area contributed by atoms with Gasteiger partial charge in [0.25, 0.3) is 0 Å². The minimum absolute atomic E-state index is 0.297. The molecule has 0 spiro atoms. The lowest BCUT2D eigenvalue weighted by Crippen LogP contribution is -2.49. The van der Waals surface area contributed by atoms with Gasteiger partial charge >= 0.3 is 0 Å². The molecule has 0 aromatic rings. The van der Waals surface area contributed by atoms with Crippen molar-refractivity contribution in [3.8, 4) is 0 Å². The van der Waals surface area contributed by atoms with Crippen molar-refractivity contribution in [1.29, 1.82) is 0 Å². The second-order valence-electron chi connectivity index (χ2n) is 8.05. The molecule has 1 heteroatoms. The number of likely N-dealkylation sites (tertiary alicyclic amines) is 1. The molecule has 1 aliphatic heterocycles. The van der Waals surface area contributed by atoms with Gasteiger partial charge in [-0.2, -0.15) is 0 Å². The van der Waals surface area contributed by atoms with Crippen LogP contribution in [0.1, 0.15) is 61.8 Å². The van der Waals surface area contributed by atoms with Crippen LogP contribution < -0.4 is 0 Å². The third-order valence-corrected chi connectivity index (χ3v) is 3.58. The molecule has 0 aliphatic carbocycles. The van der Waals surface area contributed by atoms with E-state index in [4.69, 9.17) is 0 Å². The number of hydrogen-bond acceptors (Lipinski definition) is 1. The Morgan fingerprint density at radius 2 is 1.47 bits per heavy atom. The predicted octanol–water partition coefficient (Wildman–Crippen LogP) is 3.93. The first-order valence-electron chi connectivity index (χ1n) is 6.20. The molecular weight excluding hydrogens is 182 g/mol. The minimum Gasteiger partial charge on any atom is -0.294 e. The van der Waals surface area contributed by atoms with Crippen molar-refractivity contribution < 1.29 is 0 Å². The lowest BCUT2D eigenvalue weighted by molar-refractivity contribution is 0.0564. The summed E-state index contributed by atoms with van der Waals surface area (Å²) in [4.78, 5) is 2.70. The van der Waals surface area contributed by atoms with Gasteiger partial charge in [-0.3, -0.25) is 4.90 Å². The van der Waals surface area contributed by atoms with Gasteiger partial charge in [0, 0.05) is 18.1 Å². The van der Waals surface area contributed by atoms with Gasteiger partial charge in [-0.1, -0.05) is 34.6 Å². The second kappa shape index (κ2) is 3.48. The van der Waals surface area contributed by atoms with Crippen molar-refractivity contribution >= 4 is 0 Å². The van der Waals surface area contributed by atoms with Crippen molar-refractivity contribution in [3.05, 3.63) is 0 Å². The van der Waals surface area contributed by atoms with Crippen LogP contribution in [0.15, 0.2) is 0 Å². The topological polar surface area (TPSA) is 3.24 Å². The quantitative estimate of drug-likeness (QED) is 0.587. The molecule has 1 rings (SSSR count). The van der Waals surface area contributed by atoms with Gasteiger partial charge in [-0.05, 0) is 38.0 Å². The van der Waals surface area contributed by atoms with Gasteiger partial charge in [-0.25, -0.2) is 0 Å². The van der Waals surface area contributed by atoms with Crippen molar-refractivity contribution in [3.63, 3.8) is 0 Å². The summed E-state index contributed by atoms with van der Waals surface area (Å²) in [5.74, 6) is 0. The van der Waals surface area contributed by atoms with E-state index in [0.29, 0.717) is 22.4 Å². The molecule has 90 valence electrons. The lowest BCUT2D eigenvalue weighted by Gasteiger charge is -2.43. The molecule has 1 heterocycles. The highest BCUT2D eigenvalue weighted by Gasteiger charge is 2.46. The van der Waals surface area contributed by atoms with Crippen molar-refractivity contribution in [2.24, 2.45) is 10.8 Å². The Morgan fingerprint density at radius 1 is 1.00 bits per heavy atom. The molecule has 1 aliphatic rings. The number of hydrogen-bond donors (Lipinski definition) is 0. The Hall–Kier alpha value is -0.0400. The Kier molecular flexibility index (Phi) is 3.02. The molecule has 1 nitrogen and oxygen atoms in total. The van der Waals surface area contributed by atoms with Crippen LogP contribution in [0, 0.1) is 10.8 Å².